The van der Waals surface area contributed by atoms with Crippen LogP contribution in [0, 0.1) is 9.49 Å². The third kappa shape index (κ3) is 3.27. The molecule has 0 saturated carbocycles. The summed E-state index contributed by atoms with van der Waals surface area (Å²) in [6, 6.07) is 8.52. The van der Waals surface area contributed by atoms with Gasteiger partial charge in [-0.05, 0) is 46.6 Å². The first-order valence-corrected chi connectivity index (χ1v) is 5.69. The SMILES string of the molecule is CC(C)C[C@@H](N)c1ccccc1I. The Balaban J connectivity index is 2.76. The minimum absolute atomic E-state index is 0.188. The molecule has 1 atom stereocenters. The standard InChI is InChI=1S/C11H16IN/c1-8(2)7-11(13)9-5-3-4-6-10(9)12/h3-6,8,11H,7,13H2,1-2H3/t11-/m1/s1. The molecule has 72 valence electrons. The highest BCUT2D eigenvalue weighted by molar-refractivity contribution is 14.1. The zero-order valence-corrected chi connectivity index (χ0v) is 10.3. The van der Waals surface area contributed by atoms with Crippen LogP contribution in [0.2, 0.25) is 0 Å². The quantitative estimate of drug-likeness (QED) is 0.849. The van der Waals surface area contributed by atoms with Gasteiger partial charge >= 0.3 is 0 Å². The average Bonchev–Trinajstić information content (AvgIpc) is 2.03. The van der Waals surface area contributed by atoms with Crippen molar-refractivity contribution in [1.29, 1.82) is 0 Å². The van der Waals surface area contributed by atoms with Crippen molar-refractivity contribution in [3.8, 4) is 0 Å². The second kappa shape index (κ2) is 4.96. The highest BCUT2D eigenvalue weighted by Gasteiger charge is 2.10. The van der Waals surface area contributed by atoms with Crippen LogP contribution in [-0.4, -0.2) is 0 Å². The third-order valence-corrected chi connectivity index (χ3v) is 3.01. The summed E-state index contributed by atoms with van der Waals surface area (Å²) in [5.41, 5.74) is 7.37. The van der Waals surface area contributed by atoms with Crippen molar-refractivity contribution in [2.45, 2.75) is 26.3 Å². The summed E-state index contributed by atoms with van der Waals surface area (Å²) in [6.45, 7) is 4.41. The molecule has 0 aliphatic carbocycles. The summed E-state index contributed by atoms with van der Waals surface area (Å²) in [5, 5.41) is 0. The smallest absolute Gasteiger partial charge is 0.0307 e. The molecule has 1 nitrogen and oxygen atoms in total. The van der Waals surface area contributed by atoms with Crippen molar-refractivity contribution in [2.24, 2.45) is 11.7 Å². The molecule has 1 rings (SSSR count). The molecule has 2 heteroatoms. The minimum Gasteiger partial charge on any atom is -0.324 e. The van der Waals surface area contributed by atoms with Gasteiger partial charge in [-0.25, -0.2) is 0 Å². The Morgan fingerprint density at radius 3 is 2.46 bits per heavy atom. The van der Waals surface area contributed by atoms with E-state index in [-0.39, 0.29) is 6.04 Å². The zero-order chi connectivity index (χ0) is 9.84. The summed E-state index contributed by atoms with van der Waals surface area (Å²) in [7, 11) is 0. The highest BCUT2D eigenvalue weighted by Crippen LogP contribution is 2.22. The van der Waals surface area contributed by atoms with Gasteiger partial charge in [-0.15, -0.1) is 0 Å². The van der Waals surface area contributed by atoms with Crippen LogP contribution in [0.5, 0.6) is 0 Å². The lowest BCUT2D eigenvalue weighted by Gasteiger charge is -2.15. The van der Waals surface area contributed by atoms with E-state index in [9.17, 15) is 0 Å². The Bertz CT molecular complexity index is 271. The molecule has 13 heavy (non-hydrogen) atoms. The largest absolute Gasteiger partial charge is 0.324 e. The molecule has 0 heterocycles. The topological polar surface area (TPSA) is 26.0 Å². The number of hydrogen-bond donors (Lipinski definition) is 1. The van der Waals surface area contributed by atoms with Crippen molar-refractivity contribution in [3.63, 3.8) is 0 Å². The molecule has 2 N–H and O–H groups in total. The molecule has 0 aliphatic rings. The van der Waals surface area contributed by atoms with Gasteiger partial charge in [0.15, 0.2) is 0 Å². The summed E-state index contributed by atoms with van der Waals surface area (Å²) in [6.07, 6.45) is 1.06. The normalized spacial score (nSPS) is 13.3. The lowest BCUT2D eigenvalue weighted by atomic mass is 9.98. The monoisotopic (exact) mass is 289 g/mol. The molecule has 1 aromatic rings. The molecule has 0 aliphatic heterocycles. The van der Waals surface area contributed by atoms with E-state index in [2.05, 4.69) is 54.6 Å². The van der Waals surface area contributed by atoms with Crippen molar-refractivity contribution >= 4 is 22.6 Å². The maximum atomic E-state index is 6.09. The van der Waals surface area contributed by atoms with E-state index in [1.807, 2.05) is 6.07 Å². The van der Waals surface area contributed by atoms with Gasteiger partial charge in [-0.2, -0.15) is 0 Å². The van der Waals surface area contributed by atoms with Gasteiger partial charge in [-0.1, -0.05) is 32.0 Å². The van der Waals surface area contributed by atoms with Crippen molar-refractivity contribution in [1.82, 2.24) is 0 Å². The minimum atomic E-state index is 0.188. The molecule has 0 unspecified atom stereocenters. The van der Waals surface area contributed by atoms with Gasteiger partial charge in [0.1, 0.15) is 0 Å². The predicted molar refractivity (Wildman–Crippen MR) is 65.5 cm³/mol. The average molecular weight is 289 g/mol. The lowest BCUT2D eigenvalue weighted by molar-refractivity contribution is 0.509. The molecule has 0 aromatic heterocycles. The first-order valence-electron chi connectivity index (χ1n) is 4.61. The molecule has 0 saturated heterocycles. The Morgan fingerprint density at radius 1 is 1.31 bits per heavy atom. The molecular formula is C11H16IN. The van der Waals surface area contributed by atoms with E-state index >= 15 is 0 Å². The fourth-order valence-corrected chi connectivity index (χ4v) is 2.20. The molecular weight excluding hydrogens is 273 g/mol. The van der Waals surface area contributed by atoms with Crippen LogP contribution in [0.4, 0.5) is 0 Å². The highest BCUT2D eigenvalue weighted by atomic mass is 127. The Kier molecular flexibility index (Phi) is 4.19. The fourth-order valence-electron chi connectivity index (χ4n) is 1.41. The second-order valence-corrected chi connectivity index (χ2v) is 4.92. The van der Waals surface area contributed by atoms with Crippen molar-refractivity contribution in [2.75, 3.05) is 0 Å². The first kappa shape index (κ1) is 11.0. The van der Waals surface area contributed by atoms with Gasteiger partial charge in [-0.3, -0.25) is 0 Å². The third-order valence-electron chi connectivity index (χ3n) is 2.03. The van der Waals surface area contributed by atoms with E-state index < -0.39 is 0 Å². The number of hydrogen-bond acceptors (Lipinski definition) is 1. The summed E-state index contributed by atoms with van der Waals surface area (Å²) in [5.74, 6) is 0.658. The van der Waals surface area contributed by atoms with Crippen LogP contribution in [0.3, 0.4) is 0 Å². The Morgan fingerprint density at radius 2 is 1.92 bits per heavy atom. The summed E-state index contributed by atoms with van der Waals surface area (Å²) in [4.78, 5) is 0. The van der Waals surface area contributed by atoms with Gasteiger partial charge in [0.05, 0.1) is 0 Å². The predicted octanol–water partition coefficient (Wildman–Crippen LogP) is 3.34. The maximum Gasteiger partial charge on any atom is 0.0307 e. The second-order valence-electron chi connectivity index (χ2n) is 3.76. The summed E-state index contributed by atoms with van der Waals surface area (Å²) >= 11 is 2.34. The Hall–Kier alpha value is -0.0900. The number of benzene rings is 1. The van der Waals surface area contributed by atoms with Crippen molar-refractivity contribution < 1.29 is 0 Å². The van der Waals surface area contributed by atoms with Crippen LogP contribution in [-0.2, 0) is 0 Å². The van der Waals surface area contributed by atoms with Crippen LogP contribution >= 0.6 is 22.6 Å². The van der Waals surface area contributed by atoms with Crippen LogP contribution in [0.25, 0.3) is 0 Å². The molecule has 1 aromatic carbocycles. The molecule has 0 fully saturated rings. The van der Waals surface area contributed by atoms with Crippen LogP contribution < -0.4 is 5.73 Å². The first-order chi connectivity index (χ1) is 6.11. The van der Waals surface area contributed by atoms with Crippen LogP contribution in [0.1, 0.15) is 31.9 Å². The number of rotatable bonds is 3. The van der Waals surface area contributed by atoms with E-state index in [0.29, 0.717) is 5.92 Å². The molecule has 0 amide bonds. The summed E-state index contributed by atoms with van der Waals surface area (Å²) < 4.78 is 1.27. The van der Waals surface area contributed by atoms with Gasteiger partial charge in [0, 0.05) is 9.61 Å². The molecule has 0 spiro atoms. The van der Waals surface area contributed by atoms with E-state index in [0.717, 1.165) is 6.42 Å². The van der Waals surface area contributed by atoms with Crippen LogP contribution in [0.15, 0.2) is 24.3 Å². The molecule has 0 radical (unpaired) electrons. The fraction of sp³-hybridized carbons (Fsp3) is 0.455. The van der Waals surface area contributed by atoms with Gasteiger partial charge in [0.2, 0.25) is 0 Å². The maximum absolute atomic E-state index is 6.09. The van der Waals surface area contributed by atoms with Gasteiger partial charge in [0.25, 0.3) is 0 Å². The van der Waals surface area contributed by atoms with E-state index in [1.165, 1.54) is 9.13 Å². The zero-order valence-electron chi connectivity index (χ0n) is 8.13. The lowest BCUT2D eigenvalue weighted by Crippen LogP contribution is -2.14. The van der Waals surface area contributed by atoms with Gasteiger partial charge < -0.3 is 5.73 Å². The van der Waals surface area contributed by atoms with E-state index in [1.54, 1.807) is 0 Å². The molecule has 0 bridgehead atoms. The van der Waals surface area contributed by atoms with E-state index in [4.69, 9.17) is 5.73 Å². The van der Waals surface area contributed by atoms with Crippen molar-refractivity contribution in [3.05, 3.63) is 33.4 Å². The Labute approximate surface area is 93.9 Å². The number of halogens is 1. The number of nitrogens with two attached hydrogens (primary N) is 1.